The summed E-state index contributed by atoms with van der Waals surface area (Å²) in [6, 6.07) is 16.1. The molecule has 7 rings (SSSR count). The van der Waals surface area contributed by atoms with Crippen molar-refractivity contribution in [2.75, 3.05) is 105 Å². The molecule has 3 aliphatic rings. The first-order chi connectivity index (χ1) is 38.1. The van der Waals surface area contributed by atoms with Gasteiger partial charge in [-0.2, -0.15) is 0 Å². The number of nitrogens with zero attached hydrogens (tertiary/aromatic N) is 6. The van der Waals surface area contributed by atoms with Crippen molar-refractivity contribution in [1.29, 1.82) is 0 Å². The first kappa shape index (κ1) is 60.8. The van der Waals surface area contributed by atoms with E-state index >= 15 is 0 Å². The van der Waals surface area contributed by atoms with Crippen LogP contribution in [0.5, 0.6) is 0 Å². The fraction of sp³-hybridized carbons (Fsp3) is 0.579. The van der Waals surface area contributed by atoms with E-state index in [0.717, 1.165) is 46.9 Å². The Balaban J connectivity index is 0.649. The van der Waals surface area contributed by atoms with Crippen molar-refractivity contribution >= 4 is 40.9 Å². The molecule has 0 spiro atoms. The van der Waals surface area contributed by atoms with Crippen LogP contribution in [-0.4, -0.2) is 199 Å². The summed E-state index contributed by atoms with van der Waals surface area (Å²) in [7, 11) is 0. The van der Waals surface area contributed by atoms with Gasteiger partial charge in [-0.05, 0) is 59.4 Å². The Morgan fingerprint density at radius 3 is 2.09 bits per heavy atom. The number of amides is 5. The number of hydrogen-bond donors (Lipinski definition) is 5. The number of rotatable bonds is 31. The van der Waals surface area contributed by atoms with Crippen LogP contribution in [0.3, 0.4) is 0 Å². The summed E-state index contributed by atoms with van der Waals surface area (Å²) in [6.45, 7) is 14.3. The van der Waals surface area contributed by atoms with Gasteiger partial charge in [-0.1, -0.05) is 69.3 Å². The number of nitrogens with one attached hydrogen (secondary N) is 3. The van der Waals surface area contributed by atoms with Crippen molar-refractivity contribution in [3.63, 3.8) is 0 Å². The van der Waals surface area contributed by atoms with Gasteiger partial charge >= 0.3 is 0 Å². The number of likely N-dealkylation sites (tertiary alicyclic amines) is 2. The molecule has 4 atom stereocenters. The van der Waals surface area contributed by atoms with Gasteiger partial charge in [0.1, 0.15) is 24.1 Å². The normalized spacial score (nSPS) is 17.4. The number of benzene rings is 2. The average molecular weight is 1110 g/mol. The first-order valence-corrected chi connectivity index (χ1v) is 28.3. The first-order valence-electron chi connectivity index (χ1n) is 27.4. The summed E-state index contributed by atoms with van der Waals surface area (Å²) in [5.41, 5.74) is 7.62. The van der Waals surface area contributed by atoms with Crippen molar-refractivity contribution in [1.82, 2.24) is 45.6 Å². The minimum Gasteiger partial charge on any atom is -0.391 e. The standard InChI is InChI=1S/C57H79N9O12S/c1-39-52(79-38-62-39)43-11-9-40(10-12-43)30-58-55(72)49-29-46(67)36-66(49)56(73)53(57(2,3)4)63-50(69)14-17-74-19-21-76-23-25-78-26-24-77-22-20-75-18-15-51(70)65-32-41(33-65)27-45-28-48(61-37-60-45)54(71)59-31-47(68)35-64-16-13-42-7-5-6-8-44(42)34-64/h5-12,28,37-38,41,46-47,49,53,67-68H,13-27,29-36H2,1-4H3,(H,58,72)(H,59,71)(H,63,69)/t46-,47+,49+,53-/m1/s1. The van der Waals surface area contributed by atoms with Gasteiger partial charge in [-0.25, -0.2) is 15.0 Å². The molecule has 0 bridgehead atoms. The van der Waals surface area contributed by atoms with Gasteiger partial charge in [0.15, 0.2) is 0 Å². The van der Waals surface area contributed by atoms with E-state index in [-0.39, 0.29) is 87.4 Å². The second kappa shape index (κ2) is 30.7. The van der Waals surface area contributed by atoms with Crippen LogP contribution in [0.1, 0.15) is 78.6 Å². The van der Waals surface area contributed by atoms with Crippen LogP contribution in [0.25, 0.3) is 10.4 Å². The highest BCUT2D eigenvalue weighted by atomic mass is 32.1. The lowest BCUT2D eigenvalue weighted by atomic mass is 9.85. The molecular formula is C57H79N9O12S. The molecule has 0 aliphatic carbocycles. The van der Waals surface area contributed by atoms with Crippen molar-refractivity contribution in [3.8, 4) is 10.4 Å². The lowest BCUT2D eigenvalue weighted by Gasteiger charge is -2.39. The molecule has 22 heteroatoms. The maximum atomic E-state index is 13.9. The van der Waals surface area contributed by atoms with Crippen molar-refractivity contribution in [2.45, 2.75) is 97.2 Å². The molecule has 2 aromatic carbocycles. The van der Waals surface area contributed by atoms with Crippen LogP contribution < -0.4 is 16.0 Å². The zero-order valence-electron chi connectivity index (χ0n) is 46.1. The number of fused-ring (bicyclic) bond motifs is 1. The van der Waals surface area contributed by atoms with Crippen molar-refractivity contribution in [2.24, 2.45) is 11.3 Å². The third-order valence-electron chi connectivity index (χ3n) is 14.1. The average Bonchev–Trinajstić information content (AvgIpc) is 4.10. The molecule has 5 heterocycles. The number of β-amino-alcohol motifs (C(OH)–C–C–N with tert-alkyl or cyclic N) is 2. The van der Waals surface area contributed by atoms with E-state index in [1.54, 1.807) is 22.3 Å². The molecule has 3 aliphatic heterocycles. The summed E-state index contributed by atoms with van der Waals surface area (Å²) in [5, 5.41) is 29.8. The van der Waals surface area contributed by atoms with Gasteiger partial charge < -0.3 is 59.6 Å². The van der Waals surface area contributed by atoms with Crippen LogP contribution in [-0.2, 0) is 68.8 Å². The van der Waals surface area contributed by atoms with Crippen LogP contribution in [0.15, 0.2) is 66.4 Å². The van der Waals surface area contributed by atoms with Crippen LogP contribution in [0.2, 0.25) is 0 Å². The highest BCUT2D eigenvalue weighted by molar-refractivity contribution is 7.13. The predicted octanol–water partition coefficient (Wildman–Crippen LogP) is 2.73. The zero-order valence-corrected chi connectivity index (χ0v) is 46.9. The summed E-state index contributed by atoms with van der Waals surface area (Å²) >= 11 is 1.57. The number of carbonyl (C=O) groups excluding carboxylic acids is 5. The third-order valence-corrected chi connectivity index (χ3v) is 15.1. The number of hydrogen-bond acceptors (Lipinski definition) is 17. The third kappa shape index (κ3) is 19.2. The van der Waals surface area contributed by atoms with Crippen LogP contribution in [0.4, 0.5) is 0 Å². The molecule has 2 aromatic heterocycles. The van der Waals surface area contributed by atoms with Gasteiger partial charge in [0, 0.05) is 70.9 Å². The summed E-state index contributed by atoms with van der Waals surface area (Å²) in [4.78, 5) is 85.2. The Morgan fingerprint density at radius 2 is 1.44 bits per heavy atom. The smallest absolute Gasteiger partial charge is 0.270 e. The second-order valence-electron chi connectivity index (χ2n) is 21.4. The van der Waals surface area contributed by atoms with E-state index in [9.17, 15) is 34.2 Å². The highest BCUT2D eigenvalue weighted by Gasteiger charge is 2.44. The summed E-state index contributed by atoms with van der Waals surface area (Å²) in [5.74, 6) is -1.28. The Bertz CT molecular complexity index is 2590. The zero-order chi connectivity index (χ0) is 56.2. The Hall–Kier alpha value is -5.82. The Morgan fingerprint density at radius 1 is 0.797 bits per heavy atom. The van der Waals surface area contributed by atoms with E-state index in [1.165, 1.54) is 22.4 Å². The summed E-state index contributed by atoms with van der Waals surface area (Å²) in [6.07, 6.45) is 1.75. The SMILES string of the molecule is Cc1ncsc1-c1ccc(CNC(=O)[C@@H]2C[C@@H](O)CN2C(=O)[C@@H](NC(=O)CCOCCOCCOCCOCCOCCC(=O)N2CC(Cc3cc(C(=O)NC[C@H](O)CN4CCc5ccccc5C4)ncn3)C2)C(C)(C)C)cc1. The number of thiazole rings is 1. The molecule has 5 amide bonds. The number of aliphatic hydroxyl groups is 2. The molecular weight excluding hydrogens is 1030 g/mol. The Kier molecular flexibility index (Phi) is 23.6. The number of carbonyl (C=O) groups is 5. The van der Waals surface area contributed by atoms with E-state index in [0.29, 0.717) is 78.9 Å². The van der Waals surface area contributed by atoms with Gasteiger partial charge in [0.25, 0.3) is 5.91 Å². The fourth-order valence-corrected chi connectivity index (χ4v) is 10.5. The monoisotopic (exact) mass is 1110 g/mol. The van der Waals surface area contributed by atoms with Gasteiger partial charge in [-0.15, -0.1) is 11.3 Å². The molecule has 0 saturated carbocycles. The van der Waals surface area contributed by atoms with E-state index in [2.05, 4.69) is 47.9 Å². The number of aryl methyl sites for hydroxylation is 1. The lowest BCUT2D eigenvalue weighted by Crippen LogP contribution is -2.57. The van der Waals surface area contributed by atoms with Crippen molar-refractivity contribution in [3.05, 3.63) is 100 Å². The quantitative estimate of drug-likeness (QED) is 0.0454. The highest BCUT2D eigenvalue weighted by Crippen LogP contribution is 2.29. The summed E-state index contributed by atoms with van der Waals surface area (Å²) < 4.78 is 27.9. The van der Waals surface area contributed by atoms with Crippen molar-refractivity contribution < 1.29 is 57.9 Å². The van der Waals surface area contributed by atoms with Crippen LogP contribution >= 0.6 is 11.3 Å². The minimum absolute atomic E-state index is 0.0120. The number of aromatic nitrogens is 3. The number of ether oxygens (including phenoxy) is 5. The molecule has 0 unspecified atom stereocenters. The van der Waals surface area contributed by atoms with Crippen LogP contribution in [0, 0.1) is 18.3 Å². The molecule has 4 aromatic rings. The fourth-order valence-electron chi connectivity index (χ4n) is 9.68. The molecule has 5 N–H and O–H groups in total. The minimum atomic E-state index is -0.938. The molecule has 79 heavy (non-hydrogen) atoms. The largest absolute Gasteiger partial charge is 0.391 e. The molecule has 430 valence electrons. The lowest BCUT2D eigenvalue weighted by molar-refractivity contribution is -0.144. The molecule has 2 saturated heterocycles. The number of aliphatic hydroxyl groups excluding tert-OH is 2. The topological polar surface area (TPSA) is 256 Å². The molecule has 21 nitrogen and oxygen atoms in total. The maximum absolute atomic E-state index is 13.9. The maximum Gasteiger partial charge on any atom is 0.270 e. The van der Waals surface area contributed by atoms with E-state index in [4.69, 9.17) is 23.7 Å². The second-order valence-corrected chi connectivity index (χ2v) is 22.2. The van der Waals surface area contributed by atoms with E-state index in [1.807, 2.05) is 69.6 Å². The molecule has 2 fully saturated rings. The predicted molar refractivity (Wildman–Crippen MR) is 295 cm³/mol. The molecule has 0 radical (unpaired) electrons. The van der Waals surface area contributed by atoms with Gasteiger partial charge in [0.05, 0.1) is 101 Å². The van der Waals surface area contributed by atoms with Gasteiger partial charge in [0.2, 0.25) is 23.6 Å². The Labute approximate surface area is 467 Å². The van der Waals surface area contributed by atoms with Gasteiger partial charge in [-0.3, -0.25) is 28.9 Å². The van der Waals surface area contributed by atoms with E-state index < -0.39 is 35.6 Å².